The zero-order valence-electron chi connectivity index (χ0n) is 14.8. The first-order valence-electron chi connectivity index (χ1n) is 8.92. The number of nitrogens with zero attached hydrogens (tertiary/aromatic N) is 2. The van der Waals surface area contributed by atoms with Crippen molar-refractivity contribution in [3.63, 3.8) is 0 Å². The Hall–Kier alpha value is -2.96. The average Bonchev–Trinajstić information content (AvgIpc) is 3.10. The van der Waals surface area contributed by atoms with Crippen LogP contribution in [0.25, 0.3) is 11.3 Å². The number of halogens is 1. The van der Waals surface area contributed by atoms with E-state index in [2.05, 4.69) is 4.98 Å². The molecule has 1 amide bonds. The molecule has 0 radical (unpaired) electrons. The maximum atomic E-state index is 13.2. The van der Waals surface area contributed by atoms with Crippen molar-refractivity contribution < 1.29 is 23.8 Å². The molecule has 1 N–H and O–H groups in total. The monoisotopic (exact) mass is 370 g/mol. The molecule has 140 valence electrons. The van der Waals surface area contributed by atoms with E-state index in [9.17, 15) is 14.0 Å². The van der Waals surface area contributed by atoms with Crippen molar-refractivity contribution in [3.05, 3.63) is 47.8 Å². The summed E-state index contributed by atoms with van der Waals surface area (Å²) in [5.74, 6) is 0.309. The van der Waals surface area contributed by atoms with E-state index < -0.39 is 6.09 Å². The Morgan fingerprint density at radius 3 is 2.48 bits per heavy atom. The number of likely N-dealkylation sites (tertiary alicyclic amines) is 1. The highest BCUT2D eigenvalue weighted by Gasteiger charge is 2.59. The smallest absolute Gasteiger partial charge is 0.407 e. The summed E-state index contributed by atoms with van der Waals surface area (Å²) in [4.78, 5) is 29.1. The molecular weight excluding hydrogens is 351 g/mol. The number of ether oxygens (including phenoxy) is 1. The Balaban J connectivity index is 1.57. The summed E-state index contributed by atoms with van der Waals surface area (Å²) in [6, 6.07) is 9.22. The molecule has 27 heavy (non-hydrogen) atoms. The second-order valence-electron chi connectivity index (χ2n) is 6.96. The van der Waals surface area contributed by atoms with Crippen molar-refractivity contribution in [1.82, 2.24) is 9.88 Å². The topological polar surface area (TPSA) is 79.7 Å². The number of rotatable bonds is 5. The maximum absolute atomic E-state index is 13.2. The van der Waals surface area contributed by atoms with Crippen molar-refractivity contribution >= 4 is 11.9 Å². The second-order valence-corrected chi connectivity index (χ2v) is 6.96. The molecule has 7 heteroatoms. The first-order valence-corrected chi connectivity index (χ1v) is 8.92. The Kier molecular flexibility index (Phi) is 4.30. The number of ketones is 1. The third kappa shape index (κ3) is 3.37. The quantitative estimate of drug-likeness (QED) is 0.816. The number of Topliss-reactive ketones (excluding diaryl/α,β-unsaturated/α-hetero) is 1. The molecule has 1 aromatic heterocycles. The van der Waals surface area contributed by atoms with Gasteiger partial charge in [0.2, 0.25) is 5.88 Å². The minimum Gasteiger partial charge on any atom is -0.474 e. The molecule has 2 aliphatic rings. The van der Waals surface area contributed by atoms with Gasteiger partial charge in [0.05, 0.1) is 5.69 Å². The summed E-state index contributed by atoms with van der Waals surface area (Å²) in [6.07, 6.45) is -0.636. The average molecular weight is 370 g/mol. The molecule has 2 aromatic rings. The number of pyridine rings is 1. The Morgan fingerprint density at radius 2 is 1.89 bits per heavy atom. The van der Waals surface area contributed by atoms with Crippen molar-refractivity contribution in [1.29, 1.82) is 0 Å². The number of carboxylic acid groups (broad SMARTS) is 1. The van der Waals surface area contributed by atoms with Crippen LogP contribution < -0.4 is 4.74 Å². The van der Waals surface area contributed by atoms with E-state index in [0.717, 1.165) is 0 Å². The molecule has 0 spiro atoms. The predicted octanol–water partition coefficient (Wildman–Crippen LogP) is 3.47. The van der Waals surface area contributed by atoms with Crippen LogP contribution in [0.4, 0.5) is 9.18 Å². The van der Waals surface area contributed by atoms with Gasteiger partial charge in [-0.15, -0.1) is 0 Å². The third-order valence-corrected chi connectivity index (χ3v) is 5.23. The fraction of sp³-hybridized carbons (Fsp3) is 0.350. The third-order valence-electron chi connectivity index (χ3n) is 5.23. The van der Waals surface area contributed by atoms with Crippen molar-refractivity contribution in [2.75, 3.05) is 13.1 Å². The molecule has 1 aromatic carbocycles. The first-order chi connectivity index (χ1) is 13.0. The molecule has 4 rings (SSSR count). The lowest BCUT2D eigenvalue weighted by molar-refractivity contribution is 0.0986. The Labute approximate surface area is 155 Å². The summed E-state index contributed by atoms with van der Waals surface area (Å²) >= 11 is 0. The molecule has 3 atom stereocenters. The van der Waals surface area contributed by atoms with Crippen molar-refractivity contribution in [2.24, 2.45) is 11.8 Å². The maximum Gasteiger partial charge on any atom is 0.407 e. The lowest BCUT2D eigenvalue weighted by Gasteiger charge is -2.17. The van der Waals surface area contributed by atoms with Gasteiger partial charge in [-0.1, -0.05) is 6.92 Å². The number of amides is 1. The number of carbonyl (C=O) groups excluding carboxylic acids is 1. The largest absolute Gasteiger partial charge is 0.474 e. The highest BCUT2D eigenvalue weighted by Crippen LogP contribution is 2.47. The van der Waals surface area contributed by atoms with E-state index in [4.69, 9.17) is 9.84 Å². The molecule has 1 saturated heterocycles. The number of carbonyl (C=O) groups is 2. The molecule has 2 fully saturated rings. The summed E-state index contributed by atoms with van der Waals surface area (Å²) in [6.45, 7) is 2.71. The van der Waals surface area contributed by atoms with E-state index in [1.807, 2.05) is 0 Å². The van der Waals surface area contributed by atoms with Crippen LogP contribution in [-0.2, 0) is 0 Å². The van der Waals surface area contributed by atoms with E-state index in [1.165, 1.54) is 17.0 Å². The number of fused-ring (bicyclic) bond motifs is 1. The van der Waals surface area contributed by atoms with Gasteiger partial charge < -0.3 is 14.7 Å². The zero-order chi connectivity index (χ0) is 19.1. The summed E-state index contributed by atoms with van der Waals surface area (Å²) in [7, 11) is 0. The van der Waals surface area contributed by atoms with Crippen LogP contribution in [-0.4, -0.2) is 46.1 Å². The van der Waals surface area contributed by atoms with Gasteiger partial charge in [-0.3, -0.25) is 4.79 Å². The van der Waals surface area contributed by atoms with Crippen LogP contribution in [0.15, 0.2) is 36.4 Å². The van der Waals surface area contributed by atoms with E-state index in [0.29, 0.717) is 42.2 Å². The minimum atomic E-state index is -0.909. The fourth-order valence-electron chi connectivity index (χ4n) is 3.64. The normalized spacial score (nSPS) is 23.0. The predicted molar refractivity (Wildman–Crippen MR) is 95.2 cm³/mol. The molecule has 0 unspecified atom stereocenters. The van der Waals surface area contributed by atoms with Crippen LogP contribution in [0.5, 0.6) is 5.88 Å². The van der Waals surface area contributed by atoms with Crippen LogP contribution in [0.1, 0.15) is 23.7 Å². The van der Waals surface area contributed by atoms with Gasteiger partial charge in [0.25, 0.3) is 0 Å². The first kappa shape index (κ1) is 17.5. The van der Waals surface area contributed by atoms with Gasteiger partial charge in [-0.25, -0.2) is 14.2 Å². The number of benzene rings is 1. The van der Waals surface area contributed by atoms with Gasteiger partial charge in [-0.2, -0.15) is 0 Å². The molecule has 2 heterocycles. The lowest BCUT2D eigenvalue weighted by Crippen LogP contribution is -2.31. The summed E-state index contributed by atoms with van der Waals surface area (Å²) in [5.41, 5.74) is 1.74. The molecule has 1 saturated carbocycles. The van der Waals surface area contributed by atoms with Gasteiger partial charge in [0.15, 0.2) is 5.78 Å². The lowest BCUT2D eigenvalue weighted by atomic mass is 10.1. The van der Waals surface area contributed by atoms with Gasteiger partial charge in [0, 0.05) is 48.5 Å². The molecule has 1 aliphatic heterocycles. The standard InChI is InChI=1S/C20H19FN2O4/c1-2-17(24)12-7-16(11-3-5-13(21)6-4-11)22-18(8-12)27-19-14-9-23(20(25)26)10-15(14)19/h3-8,14-15,19H,2,9-10H2,1H3,(H,25,26)/t14-,15+,19-. The number of aromatic nitrogens is 1. The van der Waals surface area contributed by atoms with Gasteiger partial charge in [-0.05, 0) is 30.3 Å². The van der Waals surface area contributed by atoms with E-state index in [-0.39, 0.29) is 29.5 Å². The Bertz CT molecular complexity index is 887. The number of hydrogen-bond donors (Lipinski definition) is 1. The van der Waals surface area contributed by atoms with Crippen LogP contribution in [0.3, 0.4) is 0 Å². The highest BCUT2D eigenvalue weighted by molar-refractivity contribution is 5.97. The molecular formula is C20H19FN2O4. The van der Waals surface area contributed by atoms with Crippen LogP contribution >= 0.6 is 0 Å². The molecule has 1 aliphatic carbocycles. The van der Waals surface area contributed by atoms with Crippen LogP contribution in [0.2, 0.25) is 0 Å². The zero-order valence-corrected chi connectivity index (χ0v) is 14.8. The van der Waals surface area contributed by atoms with E-state index >= 15 is 0 Å². The highest BCUT2D eigenvalue weighted by atomic mass is 19.1. The molecule has 0 bridgehead atoms. The van der Waals surface area contributed by atoms with E-state index in [1.54, 1.807) is 31.2 Å². The minimum absolute atomic E-state index is 0.0290. The van der Waals surface area contributed by atoms with Gasteiger partial charge >= 0.3 is 6.09 Å². The van der Waals surface area contributed by atoms with Crippen molar-refractivity contribution in [3.8, 4) is 17.1 Å². The van der Waals surface area contributed by atoms with Gasteiger partial charge in [0.1, 0.15) is 11.9 Å². The summed E-state index contributed by atoms with van der Waals surface area (Å²) < 4.78 is 19.2. The summed E-state index contributed by atoms with van der Waals surface area (Å²) in [5, 5.41) is 9.04. The SMILES string of the molecule is CCC(=O)c1cc(O[C@@H]2[C@@H]3CN(C(=O)O)C[C@@H]32)nc(-c2ccc(F)cc2)c1. The second kappa shape index (κ2) is 6.64. The fourth-order valence-corrected chi connectivity index (χ4v) is 3.64. The Morgan fingerprint density at radius 1 is 1.22 bits per heavy atom. The van der Waals surface area contributed by atoms with Crippen LogP contribution in [0, 0.1) is 17.7 Å². The van der Waals surface area contributed by atoms with Crippen molar-refractivity contribution in [2.45, 2.75) is 19.4 Å². The number of hydrogen-bond acceptors (Lipinski definition) is 4. The number of piperidine rings is 1. The molecule has 6 nitrogen and oxygen atoms in total.